The number of aliphatic hydroxyl groups excluding tert-OH is 1. The van der Waals surface area contributed by atoms with Gasteiger partial charge >= 0.3 is 89.1 Å². The first kappa shape index (κ1) is 46.8. The average Bonchev–Trinajstić information content (AvgIpc) is 2.86. The summed E-state index contributed by atoms with van der Waals surface area (Å²) in [5.41, 5.74) is 0. The topological polar surface area (TPSA) is 20.2 Å². The van der Waals surface area contributed by atoms with Crippen LogP contribution >= 0.6 is 0 Å². The van der Waals surface area contributed by atoms with Gasteiger partial charge in [0.05, 0.1) is 0 Å². The summed E-state index contributed by atoms with van der Waals surface area (Å²) in [6.45, 7) is -2.55. The third kappa shape index (κ3) is 5.38. The molecule has 0 saturated heterocycles. The van der Waals surface area contributed by atoms with Gasteiger partial charge in [-0.15, -0.1) is 0 Å². The Morgan fingerprint density at radius 2 is 0.367 bits per heavy atom. The molecule has 49 heavy (non-hydrogen) atoms. The molecule has 0 unspecified atom stereocenters. The zero-order valence-electron chi connectivity index (χ0n) is 21.1. The number of aliphatic hydroxyl groups is 1. The summed E-state index contributed by atoms with van der Waals surface area (Å²) in [6.07, 6.45) is -11.6. The minimum atomic E-state index is -10.1. The summed E-state index contributed by atoms with van der Waals surface area (Å²) in [6, 6.07) is 0. The van der Waals surface area contributed by atoms with Gasteiger partial charge in [0, 0.05) is 13.0 Å². The number of halogens is 31. The molecule has 1 N–H and O–H groups in total. The van der Waals surface area contributed by atoms with Crippen LogP contribution in [0.5, 0.6) is 0 Å². The Labute approximate surface area is 245 Å². The second-order valence-corrected chi connectivity index (χ2v) is 9.14. The Morgan fingerprint density at radius 1 is 0.224 bits per heavy atom. The highest BCUT2D eigenvalue weighted by Gasteiger charge is 3.01. The van der Waals surface area contributed by atoms with E-state index in [2.05, 4.69) is 0 Å². The van der Waals surface area contributed by atoms with Gasteiger partial charge in [-0.2, -0.15) is 136 Å². The van der Waals surface area contributed by atoms with Crippen molar-refractivity contribution in [2.45, 2.75) is 95.5 Å². The second kappa shape index (κ2) is 11.4. The summed E-state index contributed by atoms with van der Waals surface area (Å²) in [5, 5.41) is 8.03. The zero-order valence-corrected chi connectivity index (χ0v) is 21.1. The molecular formula is C17H5F31O. The second-order valence-electron chi connectivity index (χ2n) is 9.14. The molecule has 1 nitrogen and oxygen atoms in total. The van der Waals surface area contributed by atoms with Gasteiger partial charge in [-0.1, -0.05) is 0 Å². The Bertz CT molecular complexity index is 1190. The molecule has 0 aliphatic carbocycles. The molecule has 0 aromatic carbocycles. The fourth-order valence-electron chi connectivity index (χ4n) is 2.87. The Morgan fingerprint density at radius 3 is 0.510 bits per heavy atom. The number of alkyl halides is 31. The number of hydrogen-bond acceptors (Lipinski definition) is 1. The van der Waals surface area contributed by atoms with Crippen molar-refractivity contribution in [3.05, 3.63) is 0 Å². The Hall–Kier alpha value is -2.21. The molecule has 0 saturated carbocycles. The normalized spacial score (nSPS) is 17.1. The molecule has 0 radical (unpaired) electrons. The lowest BCUT2D eigenvalue weighted by molar-refractivity contribution is -0.489. The monoisotopic (exact) mass is 814 g/mol. The van der Waals surface area contributed by atoms with Crippen molar-refractivity contribution in [2.24, 2.45) is 0 Å². The SMILES string of the molecule is OCCC(F)(F)C(F)(F)C(F)(F)C(F)(F)C(F)(F)C(F)(F)C(F)(F)C(F)(F)C(F)(F)C(F)(F)C(F)(F)C(F)(F)C(F)(F)C(F)(F)C(F)(F)F. The lowest BCUT2D eigenvalue weighted by Crippen LogP contribution is -2.79. The van der Waals surface area contributed by atoms with Gasteiger partial charge in [0.25, 0.3) is 0 Å². The van der Waals surface area contributed by atoms with E-state index in [0.29, 0.717) is 0 Å². The summed E-state index contributed by atoms with van der Waals surface area (Å²) in [7, 11) is 0. The molecule has 0 aromatic rings. The van der Waals surface area contributed by atoms with Gasteiger partial charge in [0.1, 0.15) is 0 Å². The maximum atomic E-state index is 13.7. The quantitative estimate of drug-likeness (QED) is 0.163. The highest BCUT2D eigenvalue weighted by molar-refractivity contribution is 5.21. The van der Waals surface area contributed by atoms with Crippen molar-refractivity contribution in [1.29, 1.82) is 0 Å². The minimum Gasteiger partial charge on any atom is -0.396 e. The molecule has 0 amide bonds. The molecular weight excluding hydrogens is 809 g/mol. The van der Waals surface area contributed by atoms with Gasteiger partial charge in [0.2, 0.25) is 0 Å². The largest absolute Gasteiger partial charge is 0.460 e. The number of rotatable bonds is 15. The average molecular weight is 814 g/mol. The molecule has 0 rings (SSSR count). The van der Waals surface area contributed by atoms with E-state index >= 15 is 0 Å². The van der Waals surface area contributed by atoms with Gasteiger partial charge in [-0.25, -0.2) is 0 Å². The van der Waals surface area contributed by atoms with Crippen LogP contribution < -0.4 is 0 Å². The van der Waals surface area contributed by atoms with Crippen molar-refractivity contribution < 1.29 is 141 Å². The standard InChI is InChI=1S/C17H5F31O/c18-3(19,1-2-49)4(20,21)5(22,23)6(24,25)7(26,27)8(28,29)9(30,31)10(32,33)11(34,35)12(36,37)13(38,39)14(40,41)15(42,43)16(44,45)17(46,47)48/h49H,1-2H2. The van der Waals surface area contributed by atoms with Crippen molar-refractivity contribution in [3.63, 3.8) is 0 Å². The zero-order chi connectivity index (χ0) is 40.9. The van der Waals surface area contributed by atoms with Crippen LogP contribution in [-0.4, -0.2) is 101 Å². The molecule has 0 atom stereocenters. The van der Waals surface area contributed by atoms with Crippen LogP contribution in [-0.2, 0) is 0 Å². The van der Waals surface area contributed by atoms with Crippen molar-refractivity contribution in [1.82, 2.24) is 0 Å². The van der Waals surface area contributed by atoms with Crippen LogP contribution in [0, 0.1) is 0 Å². The van der Waals surface area contributed by atoms with Crippen LogP contribution in [0.3, 0.4) is 0 Å². The maximum absolute atomic E-state index is 13.7. The van der Waals surface area contributed by atoms with Crippen molar-refractivity contribution in [3.8, 4) is 0 Å². The van der Waals surface area contributed by atoms with E-state index in [1.807, 2.05) is 0 Å². The first-order valence-electron chi connectivity index (χ1n) is 10.5. The van der Waals surface area contributed by atoms with Crippen LogP contribution in [0.15, 0.2) is 0 Å². The first-order chi connectivity index (χ1) is 20.6. The highest BCUT2D eigenvalue weighted by atomic mass is 19.4. The van der Waals surface area contributed by atoms with Gasteiger partial charge in [0.15, 0.2) is 0 Å². The van der Waals surface area contributed by atoms with E-state index < -0.39 is 102 Å². The van der Waals surface area contributed by atoms with Gasteiger partial charge in [-0.05, 0) is 0 Å². The van der Waals surface area contributed by atoms with Crippen LogP contribution in [0.25, 0.3) is 0 Å². The van der Waals surface area contributed by atoms with Crippen LogP contribution in [0.2, 0.25) is 0 Å². The fourth-order valence-corrected chi connectivity index (χ4v) is 2.87. The summed E-state index contributed by atoms with van der Waals surface area (Å²) < 4.78 is 413. The highest BCUT2D eigenvalue weighted by Crippen LogP contribution is 2.69. The molecule has 32 heteroatoms. The van der Waals surface area contributed by atoms with E-state index in [1.165, 1.54) is 0 Å². The van der Waals surface area contributed by atoms with Crippen molar-refractivity contribution in [2.75, 3.05) is 6.61 Å². The van der Waals surface area contributed by atoms with Gasteiger partial charge in [-0.3, -0.25) is 0 Å². The first-order valence-corrected chi connectivity index (χ1v) is 10.5. The molecule has 0 bridgehead atoms. The lowest BCUT2D eigenvalue weighted by atomic mass is 9.83. The summed E-state index contributed by atoms with van der Waals surface area (Å²) in [5.74, 6) is -131. The van der Waals surface area contributed by atoms with E-state index in [9.17, 15) is 136 Å². The van der Waals surface area contributed by atoms with E-state index in [0.717, 1.165) is 0 Å². The third-order valence-electron chi connectivity index (χ3n) is 5.97. The van der Waals surface area contributed by atoms with E-state index in [1.54, 1.807) is 0 Å². The van der Waals surface area contributed by atoms with Crippen molar-refractivity contribution >= 4 is 0 Å². The minimum absolute atomic E-state index is 2.55. The molecule has 0 spiro atoms. The molecule has 296 valence electrons. The summed E-state index contributed by atoms with van der Waals surface area (Å²) in [4.78, 5) is 0. The van der Waals surface area contributed by atoms with Crippen LogP contribution in [0.4, 0.5) is 136 Å². The van der Waals surface area contributed by atoms with E-state index in [-0.39, 0.29) is 0 Å². The fraction of sp³-hybridized carbons (Fsp3) is 1.00. The predicted octanol–water partition coefficient (Wildman–Crippen LogP) is 9.83. The Balaban J connectivity index is 7.62. The molecule has 0 fully saturated rings. The molecule has 0 aliphatic heterocycles. The molecule has 0 heterocycles. The summed E-state index contributed by atoms with van der Waals surface area (Å²) >= 11 is 0. The third-order valence-corrected chi connectivity index (χ3v) is 5.97. The van der Waals surface area contributed by atoms with Gasteiger partial charge < -0.3 is 5.11 Å². The number of hydrogen-bond donors (Lipinski definition) is 1. The van der Waals surface area contributed by atoms with E-state index in [4.69, 9.17) is 5.11 Å². The molecule has 0 aromatic heterocycles. The smallest absolute Gasteiger partial charge is 0.396 e. The molecule has 0 aliphatic rings. The van der Waals surface area contributed by atoms with Crippen LogP contribution in [0.1, 0.15) is 6.42 Å². The predicted molar refractivity (Wildman–Crippen MR) is 87.0 cm³/mol. The maximum Gasteiger partial charge on any atom is 0.460 e. The Kier molecular flexibility index (Phi) is 10.9. The lowest BCUT2D eigenvalue weighted by Gasteiger charge is -2.46.